The Labute approximate surface area is 74.8 Å². The smallest absolute Gasteiger partial charge is 0.313 e. The fraction of sp³-hybridized carbons (Fsp3) is 0.111. The fourth-order valence-corrected chi connectivity index (χ4v) is 0.881. The van der Waals surface area contributed by atoms with Crippen LogP contribution in [0.3, 0.4) is 0 Å². The van der Waals surface area contributed by atoms with Crippen LogP contribution in [0.15, 0.2) is 18.2 Å². The average molecular weight is 178 g/mol. The molecule has 0 atom stereocenters. The molecule has 1 aromatic rings. The normalized spacial score (nSPS) is 9.00. The highest BCUT2D eigenvalue weighted by Gasteiger charge is 2.01. The van der Waals surface area contributed by atoms with Crippen LogP contribution in [0.5, 0.6) is 0 Å². The number of anilines is 1. The Bertz CT molecular complexity index is 382. The first-order valence-corrected chi connectivity index (χ1v) is 3.60. The van der Waals surface area contributed by atoms with E-state index in [1.165, 1.54) is 24.3 Å². The van der Waals surface area contributed by atoms with Crippen molar-refractivity contribution in [2.75, 3.05) is 5.32 Å². The van der Waals surface area contributed by atoms with Crippen LogP contribution < -0.4 is 5.32 Å². The summed E-state index contributed by atoms with van der Waals surface area (Å²) < 4.78 is 12.7. The molecule has 0 aliphatic carbocycles. The zero-order valence-corrected chi connectivity index (χ0v) is 6.97. The summed E-state index contributed by atoms with van der Waals surface area (Å²) in [7, 11) is 0. The highest BCUT2D eigenvalue weighted by molar-refractivity contribution is 6.02. The van der Waals surface area contributed by atoms with Crippen LogP contribution in [0, 0.1) is 24.1 Å². The maximum Gasteiger partial charge on any atom is 0.326 e. The monoisotopic (exact) mass is 178 g/mol. The van der Waals surface area contributed by atoms with Gasteiger partial charge in [-0.3, -0.25) is 4.79 Å². The number of hydrogen-bond acceptors (Lipinski definition) is 2. The summed E-state index contributed by atoms with van der Waals surface area (Å²) in [5, 5.41) is 10.5. The van der Waals surface area contributed by atoms with Gasteiger partial charge in [-0.05, 0) is 30.7 Å². The van der Waals surface area contributed by atoms with Crippen molar-refractivity contribution in [1.82, 2.24) is 0 Å². The Morgan fingerprint density at radius 3 is 2.85 bits per heavy atom. The molecular weight excluding hydrogens is 171 g/mol. The third-order valence-electron chi connectivity index (χ3n) is 1.52. The molecule has 0 unspecified atom stereocenters. The van der Waals surface area contributed by atoms with Crippen molar-refractivity contribution < 1.29 is 9.18 Å². The summed E-state index contributed by atoms with van der Waals surface area (Å²) in [6.07, 6.45) is 0. The minimum Gasteiger partial charge on any atom is -0.313 e. The van der Waals surface area contributed by atoms with Gasteiger partial charge in [-0.25, -0.2) is 4.39 Å². The number of carbonyl (C=O) groups excluding carboxylic acids is 1. The minimum atomic E-state index is -0.758. The van der Waals surface area contributed by atoms with Gasteiger partial charge in [-0.1, -0.05) is 0 Å². The number of nitrogens with zero attached hydrogens (tertiary/aromatic N) is 1. The number of rotatable bonds is 1. The Kier molecular flexibility index (Phi) is 2.60. The number of carbonyl (C=O) groups is 1. The van der Waals surface area contributed by atoms with Crippen molar-refractivity contribution in [3.8, 4) is 6.07 Å². The summed E-state index contributed by atoms with van der Waals surface area (Å²) >= 11 is 0. The number of nitriles is 1. The van der Waals surface area contributed by atoms with Gasteiger partial charge in [0, 0.05) is 5.69 Å². The van der Waals surface area contributed by atoms with Crippen LogP contribution in [0.2, 0.25) is 0 Å². The van der Waals surface area contributed by atoms with Crippen LogP contribution in [-0.2, 0) is 4.79 Å². The highest BCUT2D eigenvalue weighted by atomic mass is 19.1. The van der Waals surface area contributed by atoms with Crippen molar-refractivity contribution in [2.24, 2.45) is 0 Å². The van der Waals surface area contributed by atoms with Gasteiger partial charge >= 0.3 is 5.91 Å². The van der Waals surface area contributed by atoms with E-state index in [0.29, 0.717) is 11.3 Å². The van der Waals surface area contributed by atoms with Gasteiger partial charge in [0.05, 0.1) is 0 Å². The Balaban J connectivity index is 2.87. The molecule has 1 N–H and O–H groups in total. The largest absolute Gasteiger partial charge is 0.326 e. The number of aryl methyl sites for hydroxylation is 1. The summed E-state index contributed by atoms with van der Waals surface area (Å²) in [4.78, 5) is 10.6. The number of hydrogen-bond donors (Lipinski definition) is 1. The first-order chi connectivity index (χ1) is 6.13. The maximum absolute atomic E-state index is 12.7. The minimum absolute atomic E-state index is 0.338. The molecule has 0 saturated carbocycles. The number of benzene rings is 1. The Hall–Kier alpha value is -1.89. The lowest BCUT2D eigenvalue weighted by Crippen LogP contribution is -2.08. The van der Waals surface area contributed by atoms with Gasteiger partial charge in [-0.2, -0.15) is 5.26 Å². The molecule has 66 valence electrons. The van der Waals surface area contributed by atoms with Crippen molar-refractivity contribution in [2.45, 2.75) is 6.92 Å². The van der Waals surface area contributed by atoms with Crippen molar-refractivity contribution in [3.05, 3.63) is 29.6 Å². The summed E-state index contributed by atoms with van der Waals surface area (Å²) in [6, 6.07) is 5.51. The SMILES string of the molecule is Cc1cc(NC(=O)C#N)ccc1F. The number of halogens is 1. The van der Waals surface area contributed by atoms with E-state index < -0.39 is 5.91 Å². The number of nitrogens with one attached hydrogen (secondary N) is 1. The Morgan fingerprint density at radius 2 is 2.31 bits per heavy atom. The molecule has 1 aromatic carbocycles. The average Bonchev–Trinajstić information content (AvgIpc) is 2.11. The zero-order valence-electron chi connectivity index (χ0n) is 6.97. The highest BCUT2D eigenvalue weighted by Crippen LogP contribution is 2.13. The van der Waals surface area contributed by atoms with Crippen molar-refractivity contribution in [1.29, 1.82) is 5.26 Å². The standard InChI is InChI=1S/C9H7FN2O/c1-6-4-7(2-3-8(6)10)12-9(13)5-11/h2-4H,1H3,(H,12,13). The molecule has 1 amide bonds. The molecule has 4 heteroatoms. The lowest BCUT2D eigenvalue weighted by atomic mass is 10.2. The molecule has 0 aromatic heterocycles. The summed E-state index contributed by atoms with van der Waals surface area (Å²) in [5.74, 6) is -1.10. The van der Waals surface area contributed by atoms with Gasteiger partial charge in [0.2, 0.25) is 0 Å². The summed E-state index contributed by atoms with van der Waals surface area (Å²) in [5.41, 5.74) is 0.848. The molecule has 1 rings (SSSR count). The molecule has 0 radical (unpaired) electrons. The molecular formula is C9H7FN2O. The third kappa shape index (κ3) is 2.27. The second kappa shape index (κ2) is 3.68. The molecule has 13 heavy (non-hydrogen) atoms. The molecule has 0 bridgehead atoms. The van der Waals surface area contributed by atoms with Crippen LogP contribution in [0.25, 0.3) is 0 Å². The summed E-state index contributed by atoms with van der Waals surface area (Å²) in [6.45, 7) is 1.58. The third-order valence-corrected chi connectivity index (χ3v) is 1.52. The lowest BCUT2D eigenvalue weighted by Gasteiger charge is -2.01. The van der Waals surface area contributed by atoms with Gasteiger partial charge in [0.15, 0.2) is 6.07 Å². The first kappa shape index (κ1) is 9.20. The maximum atomic E-state index is 12.7. The van der Waals surface area contributed by atoms with Gasteiger partial charge in [0.25, 0.3) is 0 Å². The predicted molar refractivity (Wildman–Crippen MR) is 45.4 cm³/mol. The van der Waals surface area contributed by atoms with Gasteiger partial charge in [-0.15, -0.1) is 0 Å². The molecule has 0 aliphatic heterocycles. The quantitative estimate of drug-likeness (QED) is 0.664. The van der Waals surface area contributed by atoms with E-state index in [1.807, 2.05) is 0 Å². The fourth-order valence-electron chi connectivity index (χ4n) is 0.881. The lowest BCUT2D eigenvalue weighted by molar-refractivity contribution is -0.111. The molecule has 0 aliphatic rings. The topological polar surface area (TPSA) is 52.9 Å². The van der Waals surface area contributed by atoms with E-state index in [0.717, 1.165) is 0 Å². The van der Waals surface area contributed by atoms with E-state index in [1.54, 1.807) is 6.92 Å². The van der Waals surface area contributed by atoms with Crippen LogP contribution >= 0.6 is 0 Å². The molecule has 3 nitrogen and oxygen atoms in total. The Morgan fingerprint density at radius 1 is 1.62 bits per heavy atom. The van der Waals surface area contributed by atoms with Gasteiger partial charge < -0.3 is 5.32 Å². The predicted octanol–water partition coefficient (Wildman–Crippen LogP) is 1.60. The van der Waals surface area contributed by atoms with Crippen molar-refractivity contribution >= 4 is 11.6 Å². The van der Waals surface area contributed by atoms with Gasteiger partial charge in [0.1, 0.15) is 5.82 Å². The molecule has 0 fully saturated rings. The van der Waals surface area contributed by atoms with E-state index in [-0.39, 0.29) is 5.82 Å². The van der Waals surface area contributed by atoms with E-state index in [4.69, 9.17) is 5.26 Å². The van der Waals surface area contributed by atoms with E-state index in [9.17, 15) is 9.18 Å². The molecule has 0 saturated heterocycles. The zero-order chi connectivity index (χ0) is 9.84. The van der Waals surface area contributed by atoms with Crippen LogP contribution in [0.1, 0.15) is 5.56 Å². The van der Waals surface area contributed by atoms with Crippen LogP contribution in [0.4, 0.5) is 10.1 Å². The van der Waals surface area contributed by atoms with E-state index >= 15 is 0 Å². The molecule has 0 spiro atoms. The second-order valence-corrected chi connectivity index (χ2v) is 2.53. The van der Waals surface area contributed by atoms with Crippen LogP contribution in [-0.4, -0.2) is 5.91 Å². The second-order valence-electron chi connectivity index (χ2n) is 2.53. The van der Waals surface area contributed by atoms with E-state index in [2.05, 4.69) is 5.32 Å². The van der Waals surface area contributed by atoms with Crippen molar-refractivity contribution in [3.63, 3.8) is 0 Å². The first-order valence-electron chi connectivity index (χ1n) is 3.60. The number of amides is 1. The molecule has 0 heterocycles.